The second-order valence-electron chi connectivity index (χ2n) is 5.29. The molecule has 2 aromatic rings. The van der Waals surface area contributed by atoms with Crippen LogP contribution in [0.4, 0.5) is 0 Å². The Morgan fingerprint density at radius 3 is 2.45 bits per heavy atom. The zero-order valence-corrected chi connectivity index (χ0v) is 13.9. The Hall–Kier alpha value is -1.73. The first-order valence-electron chi connectivity index (χ1n) is 7.18. The highest BCUT2D eigenvalue weighted by Gasteiger charge is 2.23. The van der Waals surface area contributed by atoms with Crippen LogP contribution in [-0.2, 0) is 6.54 Å². The highest BCUT2D eigenvalue weighted by atomic mass is 79.9. The smallest absolute Gasteiger partial charge is 0.253 e. The summed E-state index contributed by atoms with van der Waals surface area (Å²) >= 11 is 3.38. The minimum Gasteiger partial charge on any atom is -0.424 e. The lowest BCUT2D eigenvalue weighted by molar-refractivity contribution is 0.0617. The van der Waals surface area contributed by atoms with Gasteiger partial charge in [-0.3, -0.25) is 9.69 Å². The zero-order valence-electron chi connectivity index (χ0n) is 12.3. The summed E-state index contributed by atoms with van der Waals surface area (Å²) in [5, 5.41) is 7.84. The van der Waals surface area contributed by atoms with Crippen molar-refractivity contribution in [2.45, 2.75) is 13.5 Å². The number of amides is 1. The standard InChI is InChI=1S/C15H17BrN4O2/c1-11-17-18-14(22-11)10-19-6-8-20(9-7-19)15(21)12-2-4-13(16)5-3-12/h2-5H,6-10H2,1H3. The Balaban J connectivity index is 1.55. The highest BCUT2D eigenvalue weighted by Crippen LogP contribution is 2.14. The van der Waals surface area contributed by atoms with E-state index < -0.39 is 0 Å². The molecule has 0 N–H and O–H groups in total. The molecule has 6 nitrogen and oxygen atoms in total. The molecule has 1 aromatic carbocycles. The van der Waals surface area contributed by atoms with Crippen LogP contribution in [0.15, 0.2) is 33.2 Å². The van der Waals surface area contributed by atoms with Crippen LogP contribution in [0.1, 0.15) is 22.1 Å². The summed E-state index contributed by atoms with van der Waals surface area (Å²) < 4.78 is 6.37. The Morgan fingerprint density at radius 1 is 1.18 bits per heavy atom. The van der Waals surface area contributed by atoms with Crippen LogP contribution < -0.4 is 0 Å². The topological polar surface area (TPSA) is 62.5 Å². The number of piperazine rings is 1. The first-order chi connectivity index (χ1) is 10.6. The van der Waals surface area contributed by atoms with Crippen LogP contribution >= 0.6 is 15.9 Å². The Kier molecular flexibility index (Phi) is 4.54. The van der Waals surface area contributed by atoms with Crippen LogP contribution in [0.5, 0.6) is 0 Å². The number of benzene rings is 1. The molecule has 1 amide bonds. The third-order valence-electron chi connectivity index (χ3n) is 3.68. The van der Waals surface area contributed by atoms with Crippen molar-refractivity contribution in [3.63, 3.8) is 0 Å². The highest BCUT2D eigenvalue weighted by molar-refractivity contribution is 9.10. The molecule has 1 aliphatic rings. The lowest BCUT2D eigenvalue weighted by atomic mass is 10.2. The molecule has 1 fully saturated rings. The van der Waals surface area contributed by atoms with Gasteiger partial charge in [0.2, 0.25) is 11.8 Å². The minimum absolute atomic E-state index is 0.0841. The number of aromatic nitrogens is 2. The molecule has 1 aromatic heterocycles. The summed E-state index contributed by atoms with van der Waals surface area (Å²) in [6.07, 6.45) is 0. The van der Waals surface area contributed by atoms with Gasteiger partial charge in [0.15, 0.2) is 0 Å². The van der Waals surface area contributed by atoms with Crippen LogP contribution in [0, 0.1) is 6.92 Å². The number of aryl methyl sites for hydroxylation is 1. The lowest BCUT2D eigenvalue weighted by Crippen LogP contribution is -2.48. The maximum atomic E-state index is 12.4. The third-order valence-corrected chi connectivity index (χ3v) is 4.21. The molecule has 0 bridgehead atoms. The first-order valence-corrected chi connectivity index (χ1v) is 7.97. The van der Waals surface area contributed by atoms with Gasteiger partial charge in [0.1, 0.15) is 0 Å². The van der Waals surface area contributed by atoms with Gasteiger partial charge in [0.05, 0.1) is 6.54 Å². The second kappa shape index (κ2) is 6.58. The van der Waals surface area contributed by atoms with E-state index in [1.54, 1.807) is 6.92 Å². The Bertz CT molecular complexity index is 648. The van der Waals surface area contributed by atoms with Crippen molar-refractivity contribution in [2.24, 2.45) is 0 Å². The van der Waals surface area contributed by atoms with Crippen LogP contribution in [0.3, 0.4) is 0 Å². The van der Waals surface area contributed by atoms with Crippen molar-refractivity contribution in [1.82, 2.24) is 20.0 Å². The fourth-order valence-electron chi connectivity index (χ4n) is 2.48. The molecule has 22 heavy (non-hydrogen) atoms. The molecule has 116 valence electrons. The first kappa shape index (κ1) is 15.2. The molecule has 1 aliphatic heterocycles. The predicted octanol–water partition coefficient (Wildman–Crippen LogP) is 2.10. The maximum Gasteiger partial charge on any atom is 0.253 e. The van der Waals surface area contributed by atoms with E-state index >= 15 is 0 Å². The van der Waals surface area contributed by atoms with Crippen molar-refractivity contribution in [3.05, 3.63) is 46.1 Å². The summed E-state index contributed by atoms with van der Waals surface area (Å²) in [7, 11) is 0. The molecule has 0 aliphatic carbocycles. The largest absolute Gasteiger partial charge is 0.424 e. The molecular weight excluding hydrogens is 348 g/mol. The van der Waals surface area contributed by atoms with Crippen molar-refractivity contribution in [3.8, 4) is 0 Å². The van der Waals surface area contributed by atoms with Crippen LogP contribution in [-0.4, -0.2) is 52.1 Å². The van der Waals surface area contributed by atoms with Crippen molar-refractivity contribution < 1.29 is 9.21 Å². The monoisotopic (exact) mass is 364 g/mol. The zero-order chi connectivity index (χ0) is 15.5. The Labute approximate surface area is 137 Å². The molecule has 1 saturated heterocycles. The van der Waals surface area contributed by atoms with E-state index in [9.17, 15) is 4.79 Å². The van der Waals surface area contributed by atoms with Gasteiger partial charge in [-0.1, -0.05) is 15.9 Å². The maximum absolute atomic E-state index is 12.4. The molecule has 7 heteroatoms. The van der Waals surface area contributed by atoms with Gasteiger partial charge in [0.25, 0.3) is 5.91 Å². The SMILES string of the molecule is Cc1nnc(CN2CCN(C(=O)c3ccc(Br)cc3)CC2)o1. The summed E-state index contributed by atoms with van der Waals surface area (Å²) in [5.74, 6) is 1.30. The third kappa shape index (κ3) is 3.53. The van der Waals surface area contributed by atoms with E-state index in [2.05, 4.69) is 31.0 Å². The van der Waals surface area contributed by atoms with E-state index in [0.717, 1.165) is 23.1 Å². The minimum atomic E-state index is 0.0841. The number of hydrogen-bond acceptors (Lipinski definition) is 5. The van der Waals surface area contributed by atoms with Gasteiger partial charge in [-0.2, -0.15) is 0 Å². The van der Waals surface area contributed by atoms with Gasteiger partial charge in [-0.05, 0) is 24.3 Å². The molecular formula is C15H17BrN4O2. The van der Waals surface area contributed by atoms with E-state index in [4.69, 9.17) is 4.42 Å². The summed E-state index contributed by atoms with van der Waals surface area (Å²) in [6, 6.07) is 7.47. The van der Waals surface area contributed by atoms with Crippen LogP contribution in [0.25, 0.3) is 0 Å². The number of hydrogen-bond donors (Lipinski definition) is 0. The summed E-state index contributed by atoms with van der Waals surface area (Å²) in [4.78, 5) is 16.5. The summed E-state index contributed by atoms with van der Waals surface area (Å²) in [5.41, 5.74) is 0.726. The molecule has 0 atom stereocenters. The van der Waals surface area contributed by atoms with Gasteiger partial charge in [-0.25, -0.2) is 0 Å². The van der Waals surface area contributed by atoms with E-state index in [1.807, 2.05) is 29.2 Å². The molecule has 3 rings (SSSR count). The van der Waals surface area contributed by atoms with Crippen molar-refractivity contribution in [2.75, 3.05) is 26.2 Å². The lowest BCUT2D eigenvalue weighted by Gasteiger charge is -2.34. The Morgan fingerprint density at radius 2 is 1.86 bits per heavy atom. The van der Waals surface area contributed by atoms with Gasteiger partial charge in [0, 0.05) is 43.1 Å². The number of nitrogens with zero attached hydrogens (tertiary/aromatic N) is 4. The fourth-order valence-corrected chi connectivity index (χ4v) is 2.74. The normalized spacial score (nSPS) is 16.0. The number of rotatable bonds is 3. The second-order valence-corrected chi connectivity index (χ2v) is 6.21. The summed E-state index contributed by atoms with van der Waals surface area (Å²) in [6.45, 7) is 5.46. The fraction of sp³-hybridized carbons (Fsp3) is 0.400. The van der Waals surface area contributed by atoms with E-state index in [1.165, 1.54) is 0 Å². The van der Waals surface area contributed by atoms with Gasteiger partial charge in [-0.15, -0.1) is 10.2 Å². The van der Waals surface area contributed by atoms with E-state index in [0.29, 0.717) is 31.4 Å². The van der Waals surface area contributed by atoms with Gasteiger partial charge >= 0.3 is 0 Å². The van der Waals surface area contributed by atoms with Gasteiger partial charge < -0.3 is 9.32 Å². The molecule has 0 spiro atoms. The number of carbonyl (C=O) groups excluding carboxylic acids is 1. The molecule has 0 saturated carbocycles. The molecule has 2 heterocycles. The van der Waals surface area contributed by atoms with Crippen molar-refractivity contribution in [1.29, 1.82) is 0 Å². The quantitative estimate of drug-likeness (QED) is 0.834. The van der Waals surface area contributed by atoms with Crippen LogP contribution in [0.2, 0.25) is 0 Å². The molecule has 0 unspecified atom stereocenters. The van der Waals surface area contributed by atoms with E-state index in [-0.39, 0.29) is 5.91 Å². The van der Waals surface area contributed by atoms with Crippen molar-refractivity contribution >= 4 is 21.8 Å². The number of carbonyl (C=O) groups is 1. The average molecular weight is 365 g/mol. The number of halogens is 1. The predicted molar refractivity (Wildman–Crippen MR) is 84.4 cm³/mol. The molecule has 0 radical (unpaired) electrons. The average Bonchev–Trinajstić information content (AvgIpc) is 2.93.